The van der Waals surface area contributed by atoms with Gasteiger partial charge in [-0.15, -0.1) is 0 Å². The second kappa shape index (κ2) is 4.97. The van der Waals surface area contributed by atoms with Crippen LogP contribution in [0.3, 0.4) is 0 Å². The van der Waals surface area contributed by atoms with Crippen LogP contribution in [0.15, 0.2) is 0 Å². The normalized spacial score (nSPS) is 12.8. The molecule has 0 saturated carbocycles. The number of rotatable bonds is 2. The van der Waals surface area contributed by atoms with Gasteiger partial charge in [-0.1, -0.05) is 0 Å². The third-order valence-electron chi connectivity index (χ3n) is 0.968. The van der Waals surface area contributed by atoms with Crippen molar-refractivity contribution in [1.82, 2.24) is 5.32 Å². The van der Waals surface area contributed by atoms with Crippen molar-refractivity contribution < 1.29 is 9.53 Å². The fourth-order valence-electron chi connectivity index (χ4n) is 0.581. The molecule has 13 heavy (non-hydrogen) atoms. The van der Waals surface area contributed by atoms with Gasteiger partial charge in [-0.25, -0.2) is 4.79 Å². The van der Waals surface area contributed by atoms with Crippen LogP contribution >= 0.6 is 12.6 Å². The van der Waals surface area contributed by atoms with Crippen molar-refractivity contribution in [3.8, 4) is 6.07 Å². The van der Waals surface area contributed by atoms with Gasteiger partial charge >= 0.3 is 6.09 Å². The summed E-state index contributed by atoms with van der Waals surface area (Å²) < 4.78 is 4.95. The van der Waals surface area contributed by atoms with Crippen LogP contribution in [-0.2, 0) is 4.74 Å². The van der Waals surface area contributed by atoms with Gasteiger partial charge in [0.2, 0.25) is 0 Å². The molecule has 4 nitrogen and oxygen atoms in total. The van der Waals surface area contributed by atoms with Gasteiger partial charge in [-0.2, -0.15) is 17.9 Å². The maximum absolute atomic E-state index is 11.1. The van der Waals surface area contributed by atoms with Gasteiger partial charge in [0, 0.05) is 0 Å². The van der Waals surface area contributed by atoms with Gasteiger partial charge in [0.05, 0.1) is 17.9 Å². The summed E-state index contributed by atoms with van der Waals surface area (Å²) in [5.74, 6) is 0. The summed E-state index contributed by atoms with van der Waals surface area (Å²) >= 11 is 3.96. The Labute approximate surface area is 83.7 Å². The molecule has 0 radical (unpaired) electrons. The highest BCUT2D eigenvalue weighted by Crippen LogP contribution is 2.07. The van der Waals surface area contributed by atoms with Crippen LogP contribution in [0.5, 0.6) is 0 Å². The molecule has 1 amide bonds. The molecule has 0 aliphatic rings. The van der Waals surface area contributed by atoms with Gasteiger partial charge in [0.25, 0.3) is 0 Å². The average Bonchev–Trinajstić information content (AvgIpc) is 1.81. The average molecular weight is 202 g/mol. The highest BCUT2D eigenvalue weighted by atomic mass is 32.1. The molecule has 0 aromatic heterocycles. The van der Waals surface area contributed by atoms with Crippen molar-refractivity contribution in [2.75, 3.05) is 0 Å². The standard InChI is InChI=1S/C8H14N2O2S/c1-8(2,3)12-7(11)10-6(13)4-5-9/h6,13H,4H2,1-3H3,(H,10,11). The van der Waals surface area contributed by atoms with Gasteiger partial charge in [0.15, 0.2) is 0 Å². The zero-order valence-corrected chi connectivity index (χ0v) is 8.89. The molecule has 74 valence electrons. The number of ether oxygens (including phenoxy) is 1. The van der Waals surface area contributed by atoms with Gasteiger partial charge in [-0.05, 0) is 20.8 Å². The summed E-state index contributed by atoms with van der Waals surface area (Å²) in [4.78, 5) is 11.1. The Morgan fingerprint density at radius 3 is 2.62 bits per heavy atom. The topological polar surface area (TPSA) is 62.1 Å². The molecule has 1 unspecified atom stereocenters. The van der Waals surface area contributed by atoms with Crippen LogP contribution in [0.1, 0.15) is 27.2 Å². The number of carbonyl (C=O) groups is 1. The van der Waals surface area contributed by atoms with E-state index in [0.717, 1.165) is 0 Å². The predicted octanol–water partition coefficient (Wildman–Crippen LogP) is 1.68. The number of nitriles is 1. The molecule has 1 N–H and O–H groups in total. The van der Waals surface area contributed by atoms with Crippen LogP contribution in [0, 0.1) is 11.3 Å². The van der Waals surface area contributed by atoms with Gasteiger partial charge in [-0.3, -0.25) is 0 Å². The van der Waals surface area contributed by atoms with E-state index in [9.17, 15) is 4.79 Å². The van der Waals surface area contributed by atoms with Crippen LogP contribution in [0.4, 0.5) is 4.79 Å². The SMILES string of the molecule is CC(C)(C)OC(=O)NC(S)CC#N. The Kier molecular flexibility index (Phi) is 4.63. The number of alkyl carbamates (subject to hydrolysis) is 1. The van der Waals surface area contributed by atoms with Crippen molar-refractivity contribution in [2.45, 2.75) is 38.2 Å². The second-order valence-electron chi connectivity index (χ2n) is 3.52. The molecule has 0 aliphatic heterocycles. The van der Waals surface area contributed by atoms with E-state index < -0.39 is 17.1 Å². The first-order valence-corrected chi connectivity index (χ1v) is 4.41. The van der Waals surface area contributed by atoms with E-state index in [0.29, 0.717) is 0 Å². The molecule has 5 heteroatoms. The number of thiol groups is 1. The number of nitrogens with one attached hydrogen (secondary N) is 1. The fraction of sp³-hybridized carbons (Fsp3) is 0.750. The number of carbonyl (C=O) groups excluding carboxylic acids is 1. The highest BCUT2D eigenvalue weighted by Gasteiger charge is 2.17. The van der Waals surface area contributed by atoms with Crippen molar-refractivity contribution in [2.24, 2.45) is 0 Å². The van der Waals surface area contributed by atoms with Crippen molar-refractivity contribution in [3.05, 3.63) is 0 Å². The predicted molar refractivity (Wildman–Crippen MR) is 52.4 cm³/mol. The molecule has 0 rings (SSSR count). The molecule has 0 heterocycles. The molecular formula is C8H14N2O2S. The van der Waals surface area contributed by atoms with Gasteiger partial charge < -0.3 is 10.1 Å². The zero-order valence-electron chi connectivity index (χ0n) is 8.00. The lowest BCUT2D eigenvalue weighted by Crippen LogP contribution is -2.36. The second-order valence-corrected chi connectivity index (χ2v) is 4.15. The fourth-order valence-corrected chi connectivity index (χ4v) is 0.768. The van der Waals surface area contributed by atoms with E-state index >= 15 is 0 Å². The number of hydrogen-bond acceptors (Lipinski definition) is 4. The quantitative estimate of drug-likeness (QED) is 0.529. The molecule has 0 aromatic rings. The van der Waals surface area contributed by atoms with Crippen LogP contribution in [0.2, 0.25) is 0 Å². The molecular weight excluding hydrogens is 188 g/mol. The monoisotopic (exact) mass is 202 g/mol. The number of amides is 1. The minimum Gasteiger partial charge on any atom is -0.444 e. The van der Waals surface area contributed by atoms with E-state index in [-0.39, 0.29) is 6.42 Å². The first-order chi connectivity index (χ1) is 5.85. The van der Waals surface area contributed by atoms with Crippen LogP contribution in [-0.4, -0.2) is 17.1 Å². The minimum atomic E-state index is -0.553. The Hall–Kier alpha value is -0.890. The van der Waals surface area contributed by atoms with Crippen LogP contribution in [0.25, 0.3) is 0 Å². The Morgan fingerprint density at radius 2 is 2.23 bits per heavy atom. The van der Waals surface area contributed by atoms with E-state index in [4.69, 9.17) is 10.00 Å². The van der Waals surface area contributed by atoms with Gasteiger partial charge in [0.1, 0.15) is 5.60 Å². The molecule has 0 aliphatic carbocycles. The Morgan fingerprint density at radius 1 is 1.69 bits per heavy atom. The first-order valence-electron chi connectivity index (χ1n) is 3.89. The molecule has 1 atom stereocenters. The zero-order chi connectivity index (χ0) is 10.5. The molecule has 0 fully saturated rings. The lowest BCUT2D eigenvalue weighted by atomic mass is 10.2. The maximum Gasteiger partial charge on any atom is 0.408 e. The number of hydrogen-bond donors (Lipinski definition) is 2. The third-order valence-corrected chi connectivity index (χ3v) is 1.28. The summed E-state index contributed by atoms with van der Waals surface area (Å²) in [6.07, 6.45) is -0.398. The largest absolute Gasteiger partial charge is 0.444 e. The molecule has 0 spiro atoms. The smallest absolute Gasteiger partial charge is 0.408 e. The van der Waals surface area contributed by atoms with E-state index in [1.807, 2.05) is 6.07 Å². The van der Waals surface area contributed by atoms with Crippen molar-refractivity contribution in [3.63, 3.8) is 0 Å². The van der Waals surface area contributed by atoms with Crippen molar-refractivity contribution >= 4 is 18.7 Å². The summed E-state index contributed by atoms with van der Waals surface area (Å²) in [5, 5.41) is 10.2. The van der Waals surface area contributed by atoms with E-state index in [1.54, 1.807) is 20.8 Å². The lowest BCUT2D eigenvalue weighted by molar-refractivity contribution is 0.0523. The Balaban J connectivity index is 3.83. The maximum atomic E-state index is 11.1. The summed E-state index contributed by atoms with van der Waals surface area (Å²) in [6.45, 7) is 5.30. The van der Waals surface area contributed by atoms with Crippen molar-refractivity contribution in [1.29, 1.82) is 5.26 Å². The minimum absolute atomic E-state index is 0.155. The summed E-state index contributed by atoms with van der Waals surface area (Å²) in [7, 11) is 0. The molecule has 0 aromatic carbocycles. The molecule has 0 saturated heterocycles. The highest BCUT2D eigenvalue weighted by molar-refractivity contribution is 7.80. The van der Waals surface area contributed by atoms with Crippen LogP contribution < -0.4 is 5.32 Å². The summed E-state index contributed by atoms with van der Waals surface area (Å²) in [5.41, 5.74) is -0.524. The first kappa shape index (κ1) is 12.1. The Bertz CT molecular complexity index is 217. The molecule has 0 bridgehead atoms. The van der Waals surface area contributed by atoms with E-state index in [1.165, 1.54) is 0 Å². The number of nitrogens with zero attached hydrogens (tertiary/aromatic N) is 1. The summed E-state index contributed by atoms with van der Waals surface area (Å²) in [6, 6.07) is 1.89. The third kappa shape index (κ3) is 7.47. The van der Waals surface area contributed by atoms with E-state index in [2.05, 4.69) is 17.9 Å². The lowest BCUT2D eigenvalue weighted by Gasteiger charge is -2.20.